The van der Waals surface area contributed by atoms with Crippen molar-refractivity contribution in [1.29, 1.82) is 0 Å². The molecule has 0 saturated carbocycles. The van der Waals surface area contributed by atoms with Gasteiger partial charge in [-0.25, -0.2) is 0 Å². The lowest BCUT2D eigenvalue weighted by molar-refractivity contribution is -0.118. The number of nitrogens with zero attached hydrogens (tertiary/aromatic N) is 2. The van der Waals surface area contributed by atoms with Crippen LogP contribution in [0.4, 0.5) is 5.69 Å². The van der Waals surface area contributed by atoms with Crippen LogP contribution in [0.25, 0.3) is 0 Å². The number of amides is 1. The monoisotopic (exact) mass is 379 g/mol. The summed E-state index contributed by atoms with van der Waals surface area (Å²) in [5, 5.41) is 3.05. The minimum Gasteiger partial charge on any atom is -0.325 e. The van der Waals surface area contributed by atoms with Gasteiger partial charge in [-0.2, -0.15) is 0 Å². The maximum atomic E-state index is 12.5. The number of hydrogen-bond acceptors (Lipinski definition) is 3. The summed E-state index contributed by atoms with van der Waals surface area (Å²) in [6.07, 6.45) is 3.66. The number of benzene rings is 1. The number of fused-ring (bicyclic) bond motifs is 2. The van der Waals surface area contributed by atoms with Crippen LogP contribution in [0.5, 0.6) is 0 Å². The van der Waals surface area contributed by atoms with Gasteiger partial charge in [0.15, 0.2) is 0 Å². The number of hydrogen-bond donors (Lipinski definition) is 1. The third kappa shape index (κ3) is 3.95. The zero-order valence-corrected chi connectivity index (χ0v) is 15.6. The van der Waals surface area contributed by atoms with Crippen molar-refractivity contribution in [1.82, 2.24) is 9.80 Å². The van der Waals surface area contributed by atoms with Crippen LogP contribution in [0.2, 0.25) is 0 Å². The quantitative estimate of drug-likeness (QED) is 0.871. The van der Waals surface area contributed by atoms with Crippen molar-refractivity contribution >= 4 is 27.5 Å². The minimum absolute atomic E-state index is 0.0996. The molecule has 2 heterocycles. The number of nitrogens with one attached hydrogen (secondary N) is 1. The highest BCUT2D eigenvalue weighted by Gasteiger charge is 2.37. The van der Waals surface area contributed by atoms with Gasteiger partial charge in [-0.1, -0.05) is 28.9 Å². The molecule has 2 fully saturated rings. The average molecular weight is 380 g/mol. The molecular formula is C18H26BrN3O. The number of rotatable bonds is 4. The Hall–Kier alpha value is -0.910. The van der Waals surface area contributed by atoms with Gasteiger partial charge in [0.05, 0.1) is 6.54 Å². The van der Waals surface area contributed by atoms with Crippen molar-refractivity contribution in [2.75, 3.05) is 31.5 Å². The van der Waals surface area contributed by atoms with Crippen molar-refractivity contribution in [2.45, 2.75) is 45.2 Å². The molecule has 3 rings (SSSR count). The predicted molar refractivity (Wildman–Crippen MR) is 97.8 cm³/mol. The zero-order valence-electron chi connectivity index (χ0n) is 14.0. The van der Waals surface area contributed by atoms with Crippen LogP contribution < -0.4 is 5.32 Å². The second kappa shape index (κ2) is 7.32. The molecule has 126 valence electrons. The molecule has 0 aliphatic carbocycles. The van der Waals surface area contributed by atoms with E-state index in [0.717, 1.165) is 23.2 Å². The molecule has 0 spiro atoms. The molecular weight excluding hydrogens is 354 g/mol. The molecule has 2 saturated heterocycles. The lowest BCUT2D eigenvalue weighted by atomic mass is 10.1. The van der Waals surface area contributed by atoms with Crippen LogP contribution >= 0.6 is 15.9 Å². The summed E-state index contributed by atoms with van der Waals surface area (Å²) in [7, 11) is 0. The fourth-order valence-corrected chi connectivity index (χ4v) is 4.20. The molecule has 0 aromatic heterocycles. The van der Waals surface area contributed by atoms with E-state index in [1.807, 2.05) is 25.1 Å². The Morgan fingerprint density at radius 1 is 1.30 bits per heavy atom. The first-order valence-electron chi connectivity index (χ1n) is 8.61. The van der Waals surface area contributed by atoms with Crippen LogP contribution in [0.15, 0.2) is 22.7 Å². The van der Waals surface area contributed by atoms with Crippen molar-refractivity contribution in [2.24, 2.45) is 0 Å². The Morgan fingerprint density at radius 2 is 2.09 bits per heavy atom. The normalized spacial score (nSPS) is 25.3. The molecule has 1 aromatic carbocycles. The van der Waals surface area contributed by atoms with Crippen LogP contribution in [-0.4, -0.2) is 54.0 Å². The Kier molecular flexibility index (Phi) is 5.39. The van der Waals surface area contributed by atoms with Crippen molar-refractivity contribution in [3.05, 3.63) is 28.2 Å². The molecule has 2 aliphatic heterocycles. The summed E-state index contributed by atoms with van der Waals surface area (Å²) < 4.78 is 1.03. The van der Waals surface area contributed by atoms with Gasteiger partial charge in [0.25, 0.3) is 0 Å². The largest absolute Gasteiger partial charge is 0.325 e. The fourth-order valence-electron chi connectivity index (χ4n) is 3.82. The molecule has 0 radical (unpaired) electrons. The summed E-state index contributed by atoms with van der Waals surface area (Å²) in [6, 6.07) is 7.08. The Balaban J connectivity index is 1.62. The van der Waals surface area contributed by atoms with Gasteiger partial charge in [-0.05, 0) is 57.0 Å². The number of likely N-dealkylation sites (tertiary alicyclic amines) is 1. The third-order valence-electron chi connectivity index (χ3n) is 5.25. The molecule has 2 unspecified atom stereocenters. The zero-order chi connectivity index (χ0) is 16.4. The van der Waals surface area contributed by atoms with E-state index >= 15 is 0 Å². The van der Waals surface area contributed by atoms with Gasteiger partial charge in [-0.3, -0.25) is 9.69 Å². The summed E-state index contributed by atoms with van der Waals surface area (Å²) in [6.45, 7) is 8.17. The number of halogens is 1. The highest BCUT2D eigenvalue weighted by molar-refractivity contribution is 9.10. The molecule has 23 heavy (non-hydrogen) atoms. The first-order valence-corrected chi connectivity index (χ1v) is 9.40. The van der Waals surface area contributed by atoms with Crippen molar-refractivity contribution in [3.63, 3.8) is 0 Å². The summed E-state index contributed by atoms with van der Waals surface area (Å²) in [5.41, 5.74) is 2.04. The van der Waals surface area contributed by atoms with E-state index in [1.165, 1.54) is 31.4 Å². The predicted octanol–water partition coefficient (Wildman–Crippen LogP) is 3.25. The number of anilines is 1. The summed E-state index contributed by atoms with van der Waals surface area (Å²) in [4.78, 5) is 17.4. The topological polar surface area (TPSA) is 35.6 Å². The minimum atomic E-state index is 0.0996. The van der Waals surface area contributed by atoms with Crippen LogP contribution in [0.1, 0.15) is 31.7 Å². The van der Waals surface area contributed by atoms with Gasteiger partial charge in [0.2, 0.25) is 5.91 Å². The molecule has 1 aromatic rings. The molecule has 1 amide bonds. The Labute approximate surface area is 147 Å². The Bertz CT molecular complexity index is 577. The summed E-state index contributed by atoms with van der Waals surface area (Å²) in [5.74, 6) is 0.0996. The summed E-state index contributed by atoms with van der Waals surface area (Å²) >= 11 is 3.52. The highest BCUT2D eigenvalue weighted by Crippen LogP contribution is 2.30. The number of aryl methyl sites for hydroxylation is 1. The maximum Gasteiger partial charge on any atom is 0.238 e. The lowest BCUT2D eigenvalue weighted by Crippen LogP contribution is -2.43. The van der Waals surface area contributed by atoms with Crippen molar-refractivity contribution < 1.29 is 4.79 Å². The second-order valence-electron chi connectivity index (χ2n) is 6.75. The van der Waals surface area contributed by atoms with Crippen molar-refractivity contribution in [3.8, 4) is 0 Å². The average Bonchev–Trinajstić information content (AvgIpc) is 2.77. The van der Waals surface area contributed by atoms with Gasteiger partial charge in [-0.15, -0.1) is 0 Å². The molecule has 2 atom stereocenters. The van der Waals surface area contributed by atoms with Gasteiger partial charge < -0.3 is 10.2 Å². The molecule has 5 heteroatoms. The highest BCUT2D eigenvalue weighted by atomic mass is 79.9. The lowest BCUT2D eigenvalue weighted by Gasteiger charge is -2.27. The fraction of sp³-hybridized carbons (Fsp3) is 0.611. The number of carbonyl (C=O) groups is 1. The Morgan fingerprint density at radius 3 is 2.83 bits per heavy atom. The van der Waals surface area contributed by atoms with Gasteiger partial charge >= 0.3 is 0 Å². The van der Waals surface area contributed by atoms with Crippen LogP contribution in [0.3, 0.4) is 0 Å². The van der Waals surface area contributed by atoms with Crippen LogP contribution in [0, 0.1) is 6.92 Å². The van der Waals surface area contributed by atoms with E-state index in [4.69, 9.17) is 0 Å². The molecule has 4 nitrogen and oxygen atoms in total. The molecule has 1 N–H and O–H groups in total. The van der Waals surface area contributed by atoms with Gasteiger partial charge in [0.1, 0.15) is 0 Å². The SMILES string of the molecule is CCN1CCC2CCC(C1)N2CC(=O)Nc1ccc(C)c(Br)c1. The molecule has 2 aliphatic rings. The van der Waals surface area contributed by atoms with E-state index in [1.54, 1.807) is 0 Å². The second-order valence-corrected chi connectivity index (χ2v) is 7.61. The number of likely N-dealkylation sites (N-methyl/N-ethyl adjacent to an activating group) is 1. The first-order chi connectivity index (χ1) is 11.1. The van der Waals surface area contributed by atoms with E-state index in [-0.39, 0.29) is 5.91 Å². The van der Waals surface area contributed by atoms with Crippen LogP contribution in [-0.2, 0) is 4.79 Å². The standard InChI is InChI=1S/C18H26BrN3O/c1-3-21-9-8-15-6-7-16(11-21)22(15)12-18(23)20-14-5-4-13(2)17(19)10-14/h4-5,10,15-16H,3,6-9,11-12H2,1-2H3,(H,20,23). The molecule has 2 bridgehead atoms. The van der Waals surface area contributed by atoms with E-state index in [0.29, 0.717) is 18.6 Å². The maximum absolute atomic E-state index is 12.5. The van der Waals surface area contributed by atoms with E-state index in [9.17, 15) is 4.79 Å². The van der Waals surface area contributed by atoms with E-state index < -0.39 is 0 Å². The number of carbonyl (C=O) groups excluding carboxylic acids is 1. The van der Waals surface area contributed by atoms with Gasteiger partial charge in [0, 0.05) is 28.8 Å². The first kappa shape index (κ1) is 16.9. The van der Waals surface area contributed by atoms with E-state index in [2.05, 4.69) is 38.0 Å². The third-order valence-corrected chi connectivity index (χ3v) is 6.10. The smallest absolute Gasteiger partial charge is 0.238 e.